The molecule has 7 heteroatoms. The van der Waals surface area contributed by atoms with Crippen molar-refractivity contribution in [1.82, 2.24) is 9.78 Å². The fourth-order valence-electron chi connectivity index (χ4n) is 1.55. The molecule has 96 valence electrons. The second-order valence-corrected chi connectivity index (χ2v) is 3.60. The van der Waals surface area contributed by atoms with E-state index in [4.69, 9.17) is 5.73 Å². The molecule has 0 saturated carbocycles. The van der Waals surface area contributed by atoms with Crippen LogP contribution in [0.25, 0.3) is 5.69 Å². The molecule has 1 heterocycles. The Kier molecular flexibility index (Phi) is 3.08. The van der Waals surface area contributed by atoms with Crippen molar-refractivity contribution >= 4 is 0 Å². The zero-order valence-corrected chi connectivity index (χ0v) is 9.08. The Hall–Kier alpha value is -1.89. The molecule has 0 amide bonds. The van der Waals surface area contributed by atoms with Gasteiger partial charge in [-0.1, -0.05) is 0 Å². The van der Waals surface area contributed by atoms with Gasteiger partial charge in [0.25, 0.3) is 0 Å². The van der Waals surface area contributed by atoms with Crippen LogP contribution in [0.3, 0.4) is 0 Å². The molecule has 0 aliphatic heterocycles. The van der Waals surface area contributed by atoms with Crippen LogP contribution >= 0.6 is 0 Å². The SMILES string of the molecule is NCc1ccnn1-c1cc(C(F)(F)F)ccc1F. The summed E-state index contributed by atoms with van der Waals surface area (Å²) in [7, 11) is 0. The van der Waals surface area contributed by atoms with Crippen LogP contribution in [-0.2, 0) is 12.7 Å². The van der Waals surface area contributed by atoms with Gasteiger partial charge in [-0.2, -0.15) is 18.3 Å². The quantitative estimate of drug-likeness (QED) is 0.842. The summed E-state index contributed by atoms with van der Waals surface area (Å²) in [5.74, 6) is -0.790. The average Bonchev–Trinajstić information content (AvgIpc) is 2.76. The van der Waals surface area contributed by atoms with Gasteiger partial charge in [0.15, 0.2) is 0 Å². The first-order valence-corrected chi connectivity index (χ1v) is 5.03. The maximum Gasteiger partial charge on any atom is 0.416 e. The molecule has 0 spiro atoms. The summed E-state index contributed by atoms with van der Waals surface area (Å²) in [4.78, 5) is 0. The van der Waals surface area contributed by atoms with Gasteiger partial charge < -0.3 is 5.73 Å². The van der Waals surface area contributed by atoms with Crippen molar-refractivity contribution in [3.63, 3.8) is 0 Å². The Morgan fingerprint density at radius 2 is 1.94 bits per heavy atom. The van der Waals surface area contributed by atoms with Crippen LogP contribution in [0, 0.1) is 5.82 Å². The normalized spacial score (nSPS) is 11.8. The Balaban J connectivity index is 2.57. The standard InChI is InChI=1S/C11H9F4N3/c12-9-2-1-7(11(13,14)15)5-10(9)18-8(6-16)3-4-17-18/h1-5H,6,16H2. The van der Waals surface area contributed by atoms with E-state index in [2.05, 4.69) is 5.10 Å². The topological polar surface area (TPSA) is 43.8 Å². The van der Waals surface area contributed by atoms with E-state index < -0.39 is 17.6 Å². The van der Waals surface area contributed by atoms with Crippen molar-refractivity contribution in [2.45, 2.75) is 12.7 Å². The second-order valence-electron chi connectivity index (χ2n) is 3.60. The largest absolute Gasteiger partial charge is 0.416 e. The van der Waals surface area contributed by atoms with Gasteiger partial charge in [-0.3, -0.25) is 0 Å². The molecule has 3 nitrogen and oxygen atoms in total. The predicted octanol–water partition coefficient (Wildman–Crippen LogP) is 2.49. The third-order valence-corrected chi connectivity index (χ3v) is 2.43. The lowest BCUT2D eigenvalue weighted by Gasteiger charge is -2.11. The Labute approximate surface area is 99.8 Å². The van der Waals surface area contributed by atoms with Gasteiger partial charge in [-0.05, 0) is 24.3 Å². The highest BCUT2D eigenvalue weighted by Crippen LogP contribution is 2.31. The van der Waals surface area contributed by atoms with E-state index in [1.165, 1.54) is 12.3 Å². The zero-order valence-electron chi connectivity index (χ0n) is 9.08. The lowest BCUT2D eigenvalue weighted by Crippen LogP contribution is -2.11. The molecule has 0 radical (unpaired) electrons. The Morgan fingerprint density at radius 3 is 2.56 bits per heavy atom. The molecule has 1 aromatic heterocycles. The van der Waals surface area contributed by atoms with Crippen LogP contribution in [0.1, 0.15) is 11.3 Å². The maximum atomic E-state index is 13.6. The van der Waals surface area contributed by atoms with Crippen molar-refractivity contribution in [2.24, 2.45) is 5.73 Å². The fraction of sp³-hybridized carbons (Fsp3) is 0.182. The van der Waals surface area contributed by atoms with Gasteiger partial charge in [-0.25, -0.2) is 9.07 Å². The van der Waals surface area contributed by atoms with Crippen molar-refractivity contribution in [2.75, 3.05) is 0 Å². The average molecular weight is 259 g/mol. The van der Waals surface area contributed by atoms with Crippen LogP contribution < -0.4 is 5.73 Å². The van der Waals surface area contributed by atoms with E-state index in [1.807, 2.05) is 0 Å². The first-order valence-electron chi connectivity index (χ1n) is 5.03. The fourth-order valence-corrected chi connectivity index (χ4v) is 1.55. The third-order valence-electron chi connectivity index (χ3n) is 2.43. The minimum atomic E-state index is -4.53. The molecule has 2 aromatic rings. The van der Waals surface area contributed by atoms with Crippen molar-refractivity contribution in [1.29, 1.82) is 0 Å². The van der Waals surface area contributed by atoms with E-state index in [-0.39, 0.29) is 12.2 Å². The predicted molar refractivity (Wildman–Crippen MR) is 56.4 cm³/mol. The van der Waals surface area contributed by atoms with E-state index in [0.29, 0.717) is 17.8 Å². The van der Waals surface area contributed by atoms with E-state index in [9.17, 15) is 17.6 Å². The van der Waals surface area contributed by atoms with E-state index in [0.717, 1.165) is 10.7 Å². The van der Waals surface area contributed by atoms with Crippen LogP contribution in [0.5, 0.6) is 0 Å². The highest BCUT2D eigenvalue weighted by molar-refractivity contribution is 5.39. The molecule has 2 N–H and O–H groups in total. The highest BCUT2D eigenvalue weighted by atomic mass is 19.4. The van der Waals surface area contributed by atoms with Crippen LogP contribution in [0.2, 0.25) is 0 Å². The summed E-state index contributed by atoms with van der Waals surface area (Å²) >= 11 is 0. The number of nitrogens with zero attached hydrogens (tertiary/aromatic N) is 2. The van der Waals surface area contributed by atoms with Gasteiger partial charge in [0, 0.05) is 12.7 Å². The second kappa shape index (κ2) is 4.41. The summed E-state index contributed by atoms with van der Waals surface area (Å²) in [5.41, 5.74) is 4.62. The number of alkyl halides is 3. The maximum absolute atomic E-state index is 13.6. The summed E-state index contributed by atoms with van der Waals surface area (Å²) < 4.78 is 52.3. The van der Waals surface area contributed by atoms with Gasteiger partial charge in [-0.15, -0.1) is 0 Å². The molecule has 0 unspecified atom stereocenters. The molecular weight excluding hydrogens is 250 g/mol. The van der Waals surface area contributed by atoms with Crippen LogP contribution in [0.4, 0.5) is 17.6 Å². The van der Waals surface area contributed by atoms with Crippen molar-refractivity contribution in [3.8, 4) is 5.69 Å². The Morgan fingerprint density at radius 1 is 1.22 bits per heavy atom. The number of aromatic nitrogens is 2. The third kappa shape index (κ3) is 2.21. The van der Waals surface area contributed by atoms with Gasteiger partial charge >= 0.3 is 6.18 Å². The molecule has 18 heavy (non-hydrogen) atoms. The smallest absolute Gasteiger partial charge is 0.325 e. The molecule has 0 saturated heterocycles. The van der Waals surface area contributed by atoms with Crippen LogP contribution in [0.15, 0.2) is 30.5 Å². The zero-order chi connectivity index (χ0) is 13.3. The van der Waals surface area contributed by atoms with Gasteiger partial charge in [0.05, 0.1) is 11.3 Å². The number of halogens is 4. The number of hydrogen-bond donors (Lipinski definition) is 1. The first kappa shape index (κ1) is 12.6. The molecular formula is C11H9F4N3. The summed E-state index contributed by atoms with van der Waals surface area (Å²) in [6.45, 7) is 0.0513. The molecule has 0 aliphatic rings. The molecule has 0 atom stereocenters. The van der Waals surface area contributed by atoms with Crippen LogP contribution in [-0.4, -0.2) is 9.78 Å². The first-order chi connectivity index (χ1) is 8.43. The summed E-state index contributed by atoms with van der Waals surface area (Å²) in [5, 5.41) is 3.77. The lowest BCUT2D eigenvalue weighted by atomic mass is 10.2. The lowest BCUT2D eigenvalue weighted by molar-refractivity contribution is -0.137. The van der Waals surface area contributed by atoms with Crippen molar-refractivity contribution < 1.29 is 17.6 Å². The number of hydrogen-bond acceptors (Lipinski definition) is 2. The molecule has 1 aromatic carbocycles. The minimum absolute atomic E-state index is 0.0513. The monoisotopic (exact) mass is 259 g/mol. The minimum Gasteiger partial charge on any atom is -0.325 e. The van der Waals surface area contributed by atoms with E-state index >= 15 is 0 Å². The van der Waals surface area contributed by atoms with Gasteiger partial charge in [0.1, 0.15) is 11.5 Å². The summed E-state index contributed by atoms with van der Waals surface area (Å²) in [6.07, 6.45) is -3.18. The highest BCUT2D eigenvalue weighted by Gasteiger charge is 2.31. The molecule has 0 bridgehead atoms. The van der Waals surface area contributed by atoms with Gasteiger partial charge in [0.2, 0.25) is 0 Å². The Bertz CT molecular complexity index is 560. The molecule has 0 fully saturated rings. The van der Waals surface area contributed by atoms with Crippen molar-refractivity contribution in [3.05, 3.63) is 47.5 Å². The number of rotatable bonds is 2. The molecule has 0 aliphatic carbocycles. The summed E-state index contributed by atoms with van der Waals surface area (Å²) in [6, 6.07) is 3.67. The number of nitrogens with two attached hydrogens (primary N) is 1. The van der Waals surface area contributed by atoms with E-state index in [1.54, 1.807) is 0 Å². The number of benzene rings is 1. The molecule has 2 rings (SSSR count).